The smallest absolute Gasteiger partial charge is 0.0600 e. The van der Waals surface area contributed by atoms with Gasteiger partial charge in [-0.25, -0.2) is 0 Å². The zero-order valence-electron chi connectivity index (χ0n) is 10.6. The molecule has 0 amide bonds. The number of hydrogen-bond acceptors (Lipinski definition) is 3. The van der Waals surface area contributed by atoms with E-state index in [4.69, 9.17) is 4.74 Å². The van der Waals surface area contributed by atoms with Gasteiger partial charge in [0.25, 0.3) is 0 Å². The Morgan fingerprint density at radius 1 is 1.33 bits per heavy atom. The van der Waals surface area contributed by atoms with Crippen LogP contribution in [0.3, 0.4) is 0 Å². The van der Waals surface area contributed by atoms with Gasteiger partial charge < -0.3 is 4.74 Å². The molecule has 0 radical (unpaired) electrons. The Hall–Kier alpha value is -0.120. The summed E-state index contributed by atoms with van der Waals surface area (Å²) in [4.78, 5) is 2.50. The molecule has 1 heterocycles. The van der Waals surface area contributed by atoms with E-state index < -0.39 is 0 Å². The average molecular weight is 214 g/mol. The highest BCUT2D eigenvalue weighted by atomic mass is 16.5. The summed E-state index contributed by atoms with van der Waals surface area (Å²) in [5.41, 5.74) is 0. The molecule has 1 atom stereocenters. The van der Waals surface area contributed by atoms with Gasteiger partial charge in [-0.15, -0.1) is 0 Å². The fraction of sp³-hybridized carbons (Fsp3) is 1.00. The van der Waals surface area contributed by atoms with Crippen LogP contribution in [0.25, 0.3) is 0 Å². The zero-order valence-corrected chi connectivity index (χ0v) is 10.6. The minimum Gasteiger partial charge on any atom is -0.377 e. The Kier molecular flexibility index (Phi) is 5.58. The Balaban J connectivity index is 2.21. The maximum atomic E-state index is 5.59. The van der Waals surface area contributed by atoms with Crippen molar-refractivity contribution in [1.82, 2.24) is 10.2 Å². The molecule has 0 aromatic carbocycles. The van der Waals surface area contributed by atoms with Crippen molar-refractivity contribution in [1.29, 1.82) is 0 Å². The van der Waals surface area contributed by atoms with E-state index in [1.165, 1.54) is 19.4 Å². The summed E-state index contributed by atoms with van der Waals surface area (Å²) >= 11 is 0. The molecule has 3 nitrogen and oxygen atoms in total. The van der Waals surface area contributed by atoms with Crippen LogP contribution in [0.4, 0.5) is 0 Å². The third kappa shape index (κ3) is 4.96. The number of nitrogens with zero attached hydrogens (tertiary/aromatic N) is 1. The van der Waals surface area contributed by atoms with Crippen LogP contribution in [-0.4, -0.2) is 42.9 Å². The molecule has 0 bridgehead atoms. The fourth-order valence-corrected chi connectivity index (χ4v) is 2.07. The SMILES string of the molecule is CC(C)N[C@H]1CCCN1CCOC(C)C. The predicted octanol–water partition coefficient (Wildman–Crippen LogP) is 1.83. The molecule has 0 unspecified atom stereocenters. The second-order valence-electron chi connectivity index (χ2n) is 4.93. The highest BCUT2D eigenvalue weighted by Crippen LogP contribution is 2.14. The summed E-state index contributed by atoms with van der Waals surface area (Å²) in [5, 5.41) is 3.60. The molecule has 1 aliphatic rings. The van der Waals surface area contributed by atoms with Crippen LogP contribution in [0.2, 0.25) is 0 Å². The first-order valence-electron chi connectivity index (χ1n) is 6.21. The largest absolute Gasteiger partial charge is 0.377 e. The van der Waals surface area contributed by atoms with Gasteiger partial charge in [0.05, 0.1) is 18.9 Å². The molecule has 0 aromatic rings. The number of rotatable bonds is 6. The summed E-state index contributed by atoms with van der Waals surface area (Å²) in [6, 6.07) is 0.571. The maximum Gasteiger partial charge on any atom is 0.0600 e. The van der Waals surface area contributed by atoms with Gasteiger partial charge >= 0.3 is 0 Å². The summed E-state index contributed by atoms with van der Waals surface area (Å²) in [6.07, 6.45) is 3.51. The molecular weight excluding hydrogens is 188 g/mol. The monoisotopic (exact) mass is 214 g/mol. The lowest BCUT2D eigenvalue weighted by Gasteiger charge is -2.27. The van der Waals surface area contributed by atoms with E-state index in [1.54, 1.807) is 0 Å². The van der Waals surface area contributed by atoms with Crippen LogP contribution >= 0.6 is 0 Å². The first-order chi connectivity index (χ1) is 7.09. The minimum absolute atomic E-state index is 0.351. The number of hydrogen-bond donors (Lipinski definition) is 1. The molecule has 1 saturated heterocycles. The fourth-order valence-electron chi connectivity index (χ4n) is 2.07. The minimum atomic E-state index is 0.351. The van der Waals surface area contributed by atoms with Crippen molar-refractivity contribution in [2.24, 2.45) is 0 Å². The standard InChI is InChI=1S/C12H26N2O/c1-10(2)13-12-6-5-7-14(12)8-9-15-11(3)4/h10-13H,5-9H2,1-4H3/t12-/m1/s1. The van der Waals surface area contributed by atoms with Gasteiger partial charge in [-0.1, -0.05) is 0 Å². The molecule has 0 spiro atoms. The van der Waals surface area contributed by atoms with E-state index in [-0.39, 0.29) is 0 Å². The first kappa shape index (κ1) is 12.9. The van der Waals surface area contributed by atoms with Crippen LogP contribution in [-0.2, 0) is 4.74 Å². The number of likely N-dealkylation sites (tertiary alicyclic amines) is 1. The van der Waals surface area contributed by atoms with Crippen molar-refractivity contribution < 1.29 is 4.74 Å². The molecule has 15 heavy (non-hydrogen) atoms. The molecule has 1 fully saturated rings. The lowest BCUT2D eigenvalue weighted by molar-refractivity contribution is 0.0523. The van der Waals surface area contributed by atoms with Gasteiger partial charge in [-0.3, -0.25) is 10.2 Å². The lowest BCUT2D eigenvalue weighted by Crippen LogP contribution is -2.45. The molecule has 1 N–H and O–H groups in total. The van der Waals surface area contributed by atoms with Gasteiger partial charge in [0, 0.05) is 12.6 Å². The lowest BCUT2D eigenvalue weighted by atomic mass is 10.3. The first-order valence-corrected chi connectivity index (χ1v) is 6.21. The van der Waals surface area contributed by atoms with Gasteiger partial charge in [0.1, 0.15) is 0 Å². The summed E-state index contributed by atoms with van der Waals surface area (Å²) < 4.78 is 5.59. The van der Waals surface area contributed by atoms with Gasteiger partial charge in [0.15, 0.2) is 0 Å². The Morgan fingerprint density at radius 2 is 2.07 bits per heavy atom. The molecular formula is C12H26N2O. The Labute approximate surface area is 94.2 Å². The molecule has 3 heteroatoms. The van der Waals surface area contributed by atoms with Crippen LogP contribution in [0, 0.1) is 0 Å². The van der Waals surface area contributed by atoms with Crippen LogP contribution in [0.5, 0.6) is 0 Å². The zero-order chi connectivity index (χ0) is 11.3. The molecule has 1 rings (SSSR count). The maximum absolute atomic E-state index is 5.59. The summed E-state index contributed by atoms with van der Waals surface area (Å²) in [5.74, 6) is 0. The van der Waals surface area contributed by atoms with Crippen molar-refractivity contribution >= 4 is 0 Å². The van der Waals surface area contributed by atoms with Crippen molar-refractivity contribution in [3.63, 3.8) is 0 Å². The average Bonchev–Trinajstić information content (AvgIpc) is 2.51. The number of nitrogens with one attached hydrogen (secondary N) is 1. The van der Waals surface area contributed by atoms with E-state index in [0.29, 0.717) is 18.3 Å². The Bertz CT molecular complexity index is 171. The van der Waals surface area contributed by atoms with E-state index in [1.807, 2.05) is 0 Å². The molecule has 1 aliphatic heterocycles. The van der Waals surface area contributed by atoms with Crippen molar-refractivity contribution in [2.45, 2.75) is 58.8 Å². The highest BCUT2D eigenvalue weighted by molar-refractivity contribution is 4.78. The van der Waals surface area contributed by atoms with Crippen molar-refractivity contribution in [2.75, 3.05) is 19.7 Å². The molecule has 0 saturated carbocycles. The molecule has 0 aliphatic carbocycles. The topological polar surface area (TPSA) is 24.5 Å². The molecule has 0 aromatic heterocycles. The number of ether oxygens (including phenoxy) is 1. The van der Waals surface area contributed by atoms with Crippen LogP contribution in [0.1, 0.15) is 40.5 Å². The highest BCUT2D eigenvalue weighted by Gasteiger charge is 2.23. The van der Waals surface area contributed by atoms with Crippen molar-refractivity contribution in [3.05, 3.63) is 0 Å². The third-order valence-corrected chi connectivity index (χ3v) is 2.72. The normalized spacial score (nSPS) is 23.2. The van der Waals surface area contributed by atoms with E-state index >= 15 is 0 Å². The van der Waals surface area contributed by atoms with Crippen LogP contribution in [0.15, 0.2) is 0 Å². The molecule has 90 valence electrons. The predicted molar refractivity (Wildman–Crippen MR) is 64.0 cm³/mol. The summed E-state index contributed by atoms with van der Waals surface area (Å²) in [6.45, 7) is 11.7. The quantitative estimate of drug-likeness (QED) is 0.730. The third-order valence-electron chi connectivity index (χ3n) is 2.72. The van der Waals surface area contributed by atoms with Gasteiger partial charge in [-0.05, 0) is 47.1 Å². The Morgan fingerprint density at radius 3 is 2.67 bits per heavy atom. The second kappa shape index (κ2) is 6.46. The van der Waals surface area contributed by atoms with Gasteiger partial charge in [-0.2, -0.15) is 0 Å². The van der Waals surface area contributed by atoms with E-state index in [0.717, 1.165) is 13.2 Å². The van der Waals surface area contributed by atoms with Crippen molar-refractivity contribution in [3.8, 4) is 0 Å². The second-order valence-corrected chi connectivity index (χ2v) is 4.93. The summed E-state index contributed by atoms with van der Waals surface area (Å²) in [7, 11) is 0. The van der Waals surface area contributed by atoms with E-state index in [2.05, 4.69) is 37.9 Å². The van der Waals surface area contributed by atoms with E-state index in [9.17, 15) is 0 Å². The van der Waals surface area contributed by atoms with Gasteiger partial charge in [0.2, 0.25) is 0 Å². The van der Waals surface area contributed by atoms with Crippen LogP contribution < -0.4 is 5.32 Å².